The summed E-state index contributed by atoms with van der Waals surface area (Å²) in [5, 5.41) is 7.89. The Morgan fingerprint density at radius 3 is 2.36 bits per heavy atom. The molecule has 0 aliphatic rings. The molecular formula is C14H31IN6O3Pb. The van der Waals surface area contributed by atoms with Crippen molar-refractivity contribution in [2.75, 3.05) is 33.2 Å². The summed E-state index contributed by atoms with van der Waals surface area (Å²) in [5.41, 5.74) is 4.90. The third-order valence-electron chi connectivity index (χ3n) is 2.17. The van der Waals surface area contributed by atoms with Crippen LogP contribution in [0.4, 0.5) is 4.79 Å². The molecule has 0 spiro atoms. The molecule has 0 heterocycles. The Hall–Kier alpha value is -0.378. The number of ether oxygens (including phenoxy) is 1. The first-order valence-corrected chi connectivity index (χ1v) is 20.8. The number of rotatable bonds is 8. The number of carbonyl (C=O) groups excluding carboxylic acids is 2. The Morgan fingerprint density at radius 2 is 1.88 bits per heavy atom. The van der Waals surface area contributed by atoms with Gasteiger partial charge in [0.2, 0.25) is 5.91 Å². The van der Waals surface area contributed by atoms with Crippen LogP contribution in [0.15, 0.2) is 4.99 Å². The third kappa shape index (κ3) is 23.6. The summed E-state index contributed by atoms with van der Waals surface area (Å²) in [6.07, 6.45) is 0.480. The molecule has 0 aromatic carbocycles. The average molecular weight is 666 g/mol. The summed E-state index contributed by atoms with van der Waals surface area (Å²) in [7, 11) is 1.80. The molecule has 0 aromatic heterocycles. The number of amides is 2. The molecule has 11 heteroatoms. The number of guanidine groups is 1. The van der Waals surface area contributed by atoms with Gasteiger partial charge >= 0.3 is 83.8 Å². The number of hydrogen-bond donors (Lipinski definition) is 5. The summed E-state index contributed by atoms with van der Waals surface area (Å²) in [4.78, 5) is 26.4. The van der Waals surface area contributed by atoms with Crippen molar-refractivity contribution in [1.82, 2.24) is 19.1 Å². The summed E-state index contributed by atoms with van der Waals surface area (Å²) < 4.78 is 8.06. The first kappa shape index (κ1) is 26.8. The van der Waals surface area contributed by atoms with E-state index >= 15 is 0 Å². The monoisotopic (exact) mass is 666 g/mol. The molecule has 0 unspecified atom stereocenters. The SMILES string of the molecule is CCCN=C(N)[NH][Pb][I].CNCCNC(=O)CNC(=O)OC(C)(C)C. The van der Waals surface area contributed by atoms with Crippen molar-refractivity contribution in [1.29, 1.82) is 0 Å². The molecule has 0 aliphatic heterocycles. The number of nitrogens with zero attached hydrogens (tertiary/aromatic N) is 1. The molecule has 0 aromatic rings. The maximum Gasteiger partial charge on any atom is 0.408 e. The predicted octanol–water partition coefficient (Wildman–Crippen LogP) is 0.117. The van der Waals surface area contributed by atoms with Gasteiger partial charge in [0.15, 0.2) is 0 Å². The number of nitrogens with two attached hydrogens (primary N) is 1. The Kier molecular flexibility index (Phi) is 18.3. The molecule has 6 N–H and O–H groups in total. The van der Waals surface area contributed by atoms with Gasteiger partial charge in [0, 0.05) is 13.1 Å². The van der Waals surface area contributed by atoms with Crippen LogP contribution in [0, 0.1) is 0 Å². The molecule has 2 amide bonds. The standard InChI is InChI=1S/C10H21N3O3.C4H10N3.HI.Pb/c1-10(2,3)16-9(15)13-7-8(14)12-6-5-11-4;1-2-3-7-4(5)6;;/h11H,5-7H2,1-4H3,(H,12,14)(H,13,15);2-3H2,1H3,(H3-,5,6,7);1H;/q;-1;;+2/p-1. The molecule has 0 saturated carbocycles. The van der Waals surface area contributed by atoms with E-state index in [2.05, 4.69) is 48.8 Å². The van der Waals surface area contributed by atoms with Gasteiger partial charge in [-0.3, -0.25) is 4.79 Å². The molecule has 0 saturated heterocycles. The topological polar surface area (TPSA) is 130 Å². The van der Waals surface area contributed by atoms with Gasteiger partial charge in [-0.25, -0.2) is 4.79 Å². The third-order valence-corrected chi connectivity index (χ3v) is 5.90. The van der Waals surface area contributed by atoms with Crippen molar-refractivity contribution in [2.24, 2.45) is 10.7 Å². The summed E-state index contributed by atoms with van der Waals surface area (Å²) in [5.74, 6) is 0.399. The first-order chi connectivity index (χ1) is 11.7. The number of aliphatic imine (C=N–C) groups is 1. The normalized spacial score (nSPS) is 11.0. The minimum atomic E-state index is -0.603. The molecule has 0 bridgehead atoms. The second kappa shape index (κ2) is 17.1. The molecular weight excluding hydrogens is 634 g/mol. The van der Waals surface area contributed by atoms with Crippen molar-refractivity contribution in [2.45, 2.75) is 39.7 Å². The maximum absolute atomic E-state index is 11.2. The van der Waals surface area contributed by atoms with E-state index in [0.29, 0.717) is 19.0 Å². The van der Waals surface area contributed by atoms with Crippen molar-refractivity contribution in [3.63, 3.8) is 0 Å². The Labute approximate surface area is 172 Å². The molecule has 2 radical (unpaired) electrons. The first-order valence-electron chi connectivity index (χ1n) is 7.96. The van der Waals surface area contributed by atoms with Crippen LogP contribution >= 0.6 is 17.8 Å². The number of halogens is 1. The van der Waals surface area contributed by atoms with E-state index in [4.69, 9.17) is 10.5 Å². The summed E-state index contributed by atoms with van der Waals surface area (Å²) in [6.45, 7) is 9.38. The van der Waals surface area contributed by atoms with Crippen LogP contribution in [0.3, 0.4) is 0 Å². The quantitative estimate of drug-likeness (QED) is 0.0824. The Balaban J connectivity index is 0. The van der Waals surface area contributed by atoms with Gasteiger partial charge in [-0.2, -0.15) is 0 Å². The largest absolute Gasteiger partial charge is 0.444 e. The van der Waals surface area contributed by atoms with Crippen LogP contribution in [0.1, 0.15) is 34.1 Å². The van der Waals surface area contributed by atoms with Crippen LogP contribution in [0.25, 0.3) is 0 Å². The van der Waals surface area contributed by atoms with E-state index < -0.39 is 31.9 Å². The minimum absolute atomic E-state index is 0.0708. The van der Waals surface area contributed by atoms with Gasteiger partial charge < -0.3 is 20.7 Å². The number of alkyl carbamates (subject to hydrolysis) is 1. The van der Waals surface area contributed by atoms with Crippen LogP contribution in [0.5, 0.6) is 0 Å². The maximum atomic E-state index is 11.2. The summed E-state index contributed by atoms with van der Waals surface area (Å²) >= 11 is 1.77. The van der Waals surface area contributed by atoms with E-state index in [1.807, 2.05) is 0 Å². The molecule has 0 fully saturated rings. The molecule has 25 heavy (non-hydrogen) atoms. The molecule has 9 nitrogen and oxygen atoms in total. The van der Waals surface area contributed by atoms with E-state index in [9.17, 15) is 9.59 Å². The summed E-state index contributed by atoms with van der Waals surface area (Å²) in [6, 6.07) is 0. The van der Waals surface area contributed by atoms with E-state index in [1.165, 1.54) is 0 Å². The molecule has 0 atom stereocenters. The van der Waals surface area contributed by atoms with E-state index in [-0.39, 0.29) is 12.5 Å². The zero-order valence-electron chi connectivity index (χ0n) is 15.7. The van der Waals surface area contributed by atoms with Gasteiger partial charge in [0.05, 0.1) is 6.54 Å². The second-order valence-electron chi connectivity index (χ2n) is 5.80. The zero-order chi connectivity index (χ0) is 19.7. The average Bonchev–Trinajstić information content (AvgIpc) is 2.50. The molecule has 0 rings (SSSR count). The molecule has 146 valence electrons. The van der Waals surface area contributed by atoms with E-state index in [1.54, 1.807) is 27.8 Å². The fraction of sp³-hybridized carbons (Fsp3) is 0.786. The predicted molar refractivity (Wildman–Crippen MR) is 111 cm³/mol. The van der Waals surface area contributed by atoms with Gasteiger partial charge in [-0.1, -0.05) is 0 Å². The van der Waals surface area contributed by atoms with Crippen LogP contribution in [0.2, 0.25) is 0 Å². The molecule has 0 aliphatic carbocycles. The van der Waals surface area contributed by atoms with Gasteiger partial charge in [0.1, 0.15) is 5.60 Å². The number of likely N-dealkylation sites (N-methyl/N-ethyl adjacent to an activating group) is 1. The van der Waals surface area contributed by atoms with Gasteiger partial charge in [-0.05, 0) is 27.8 Å². The fourth-order valence-electron chi connectivity index (χ4n) is 1.18. The minimum Gasteiger partial charge on any atom is -0.444 e. The van der Waals surface area contributed by atoms with Crippen LogP contribution in [-0.4, -0.2) is 77.0 Å². The Morgan fingerprint density at radius 1 is 1.24 bits per heavy atom. The number of hydrogen-bond acceptors (Lipinski definition) is 5. The van der Waals surface area contributed by atoms with Gasteiger partial charge in [-0.15, -0.1) is 0 Å². The van der Waals surface area contributed by atoms with Gasteiger partial charge in [0.25, 0.3) is 0 Å². The van der Waals surface area contributed by atoms with Crippen molar-refractivity contribution in [3.8, 4) is 0 Å². The van der Waals surface area contributed by atoms with Crippen LogP contribution in [-0.2, 0) is 9.53 Å². The van der Waals surface area contributed by atoms with E-state index in [0.717, 1.165) is 13.0 Å². The number of carbonyl (C=O) groups is 2. The fourth-order valence-corrected chi connectivity index (χ4v) is 4.28. The smallest absolute Gasteiger partial charge is 0.408 e. The second-order valence-corrected chi connectivity index (χ2v) is 12.2. The van der Waals surface area contributed by atoms with Crippen molar-refractivity contribution >= 4 is 56.0 Å². The number of nitrogens with one attached hydrogen (secondary N) is 4. The van der Waals surface area contributed by atoms with Crippen molar-refractivity contribution in [3.05, 3.63) is 0 Å². The van der Waals surface area contributed by atoms with Crippen LogP contribution < -0.4 is 24.8 Å². The van der Waals surface area contributed by atoms with Crippen molar-refractivity contribution < 1.29 is 14.3 Å². The zero-order valence-corrected chi connectivity index (χ0v) is 21.7. The Bertz CT molecular complexity index is 405.